The number of nitrogens with zero attached hydrogens (tertiary/aromatic N) is 1. The molecular weight excluding hydrogens is 86.5 g/mol. The SMILES string of the molecule is CN1[B]N[B]N[B]1. The van der Waals surface area contributed by atoms with Crippen molar-refractivity contribution in [3.05, 3.63) is 0 Å². The molecule has 0 amide bonds. The average Bonchev–Trinajstić information content (AvgIpc) is 1.69. The molecule has 0 aromatic carbocycles. The molecule has 1 rings (SSSR count). The van der Waals surface area contributed by atoms with Crippen LogP contribution in [-0.2, 0) is 0 Å². The third kappa shape index (κ3) is 1.55. The van der Waals surface area contributed by atoms with Gasteiger partial charge in [-0.25, -0.2) is 0 Å². The lowest BCUT2D eigenvalue weighted by Crippen LogP contribution is -2.56. The normalized spacial score (nSPS) is 21.9. The first kappa shape index (κ1) is 5.22. The van der Waals surface area contributed by atoms with E-state index >= 15 is 0 Å². The predicted octanol–water partition coefficient (Wildman–Crippen LogP) is -2.29. The van der Waals surface area contributed by atoms with Crippen LogP contribution in [0.5, 0.6) is 0 Å². The zero-order chi connectivity index (χ0) is 5.11. The topological polar surface area (TPSA) is 27.3 Å². The molecule has 0 aromatic heterocycles. The predicted molar refractivity (Wildman–Crippen MR) is 31.3 cm³/mol. The molecule has 0 bridgehead atoms. The summed E-state index contributed by atoms with van der Waals surface area (Å²) >= 11 is 0. The lowest BCUT2D eigenvalue weighted by atomic mass is 9.82. The molecule has 33 valence electrons. The Morgan fingerprint density at radius 1 is 1.29 bits per heavy atom. The molecule has 1 heterocycles. The maximum atomic E-state index is 2.87. The van der Waals surface area contributed by atoms with E-state index in [-0.39, 0.29) is 0 Å². The van der Waals surface area contributed by atoms with Crippen molar-refractivity contribution in [2.45, 2.75) is 0 Å². The van der Waals surface area contributed by atoms with Crippen LogP contribution in [0.15, 0.2) is 0 Å². The second kappa shape index (κ2) is 2.40. The van der Waals surface area contributed by atoms with E-state index in [4.69, 9.17) is 0 Å². The summed E-state index contributed by atoms with van der Waals surface area (Å²) in [4.78, 5) is 0. The molecule has 6 heteroatoms. The number of nitrogens with one attached hydrogen (secondary N) is 2. The van der Waals surface area contributed by atoms with Crippen LogP contribution in [0.3, 0.4) is 0 Å². The maximum absolute atomic E-state index is 2.87. The number of rotatable bonds is 0. The quantitative estimate of drug-likeness (QED) is 0.329. The summed E-state index contributed by atoms with van der Waals surface area (Å²) < 4.78 is 1.89. The fourth-order valence-corrected chi connectivity index (χ4v) is 0.395. The second-order valence-electron chi connectivity index (χ2n) is 1.40. The Labute approximate surface area is 45.7 Å². The third-order valence-corrected chi connectivity index (χ3v) is 0.723. The Balaban J connectivity index is 2.12. The molecule has 3 radical (unpaired) electrons. The van der Waals surface area contributed by atoms with Crippen LogP contribution in [0.1, 0.15) is 0 Å². The molecule has 7 heavy (non-hydrogen) atoms. The highest BCUT2D eigenvalue weighted by molar-refractivity contribution is 6.65. The van der Waals surface area contributed by atoms with Crippen LogP contribution >= 0.6 is 0 Å². The molecule has 0 atom stereocenters. The van der Waals surface area contributed by atoms with Crippen LogP contribution in [0, 0.1) is 0 Å². The van der Waals surface area contributed by atoms with Gasteiger partial charge in [-0.1, -0.05) is 0 Å². The van der Waals surface area contributed by atoms with Gasteiger partial charge in [0.05, 0.1) is 0 Å². The first-order valence-electron chi connectivity index (χ1n) is 2.12. The lowest BCUT2D eigenvalue weighted by molar-refractivity contribution is 0.812. The van der Waals surface area contributed by atoms with E-state index < -0.39 is 0 Å². The van der Waals surface area contributed by atoms with Gasteiger partial charge in [0.25, 0.3) is 22.6 Å². The smallest absolute Gasteiger partial charge is 0.286 e. The van der Waals surface area contributed by atoms with E-state index in [1.54, 1.807) is 7.55 Å². The summed E-state index contributed by atoms with van der Waals surface area (Å²) in [6, 6.07) is 0. The number of hydrogen-bond acceptors (Lipinski definition) is 3. The Hall–Kier alpha value is 0.0748. The van der Waals surface area contributed by atoms with E-state index in [0.717, 1.165) is 0 Å². The molecule has 1 aliphatic heterocycles. The lowest BCUT2D eigenvalue weighted by Gasteiger charge is -2.19. The van der Waals surface area contributed by atoms with Crippen molar-refractivity contribution >= 4 is 22.6 Å². The van der Waals surface area contributed by atoms with E-state index in [0.29, 0.717) is 0 Å². The second-order valence-corrected chi connectivity index (χ2v) is 1.40. The molecule has 0 saturated carbocycles. The minimum Gasteiger partial charge on any atom is -0.379 e. The van der Waals surface area contributed by atoms with Gasteiger partial charge in [0.2, 0.25) is 0 Å². The minimum atomic E-state index is 1.75. The fourth-order valence-electron chi connectivity index (χ4n) is 0.395. The minimum absolute atomic E-state index is 1.75. The summed E-state index contributed by atoms with van der Waals surface area (Å²) in [6.45, 7) is 0. The molecule has 1 aliphatic rings. The monoisotopic (exact) mass is 92.1 g/mol. The van der Waals surface area contributed by atoms with Gasteiger partial charge >= 0.3 is 0 Å². The van der Waals surface area contributed by atoms with Gasteiger partial charge in [0, 0.05) is 0 Å². The van der Waals surface area contributed by atoms with Crippen molar-refractivity contribution in [1.29, 1.82) is 0 Å². The molecule has 0 aliphatic carbocycles. The van der Waals surface area contributed by atoms with Gasteiger partial charge in [0.15, 0.2) is 0 Å². The van der Waals surface area contributed by atoms with Gasteiger partial charge in [-0.05, 0) is 7.05 Å². The van der Waals surface area contributed by atoms with Gasteiger partial charge in [-0.15, -0.1) is 0 Å². The molecule has 1 fully saturated rings. The van der Waals surface area contributed by atoms with Crippen molar-refractivity contribution in [2.75, 3.05) is 7.05 Å². The fraction of sp³-hybridized carbons (Fsp3) is 1.00. The summed E-state index contributed by atoms with van der Waals surface area (Å²) in [5.74, 6) is 0. The summed E-state index contributed by atoms with van der Waals surface area (Å²) in [7, 11) is 7.38. The summed E-state index contributed by atoms with van der Waals surface area (Å²) in [6.07, 6.45) is 0. The van der Waals surface area contributed by atoms with E-state index in [2.05, 4.69) is 10.3 Å². The Morgan fingerprint density at radius 3 is 2.14 bits per heavy atom. The van der Waals surface area contributed by atoms with Crippen LogP contribution < -0.4 is 10.3 Å². The van der Waals surface area contributed by atoms with Gasteiger partial charge in [-0.3, -0.25) is 0 Å². The van der Waals surface area contributed by atoms with E-state index in [1.807, 2.05) is 26.9 Å². The standard InChI is InChI=1S/CH5B3N3/c1-7-3-5-2-6-4-7/h5-6H,1H3. The van der Waals surface area contributed by atoms with Crippen LogP contribution in [0.25, 0.3) is 0 Å². The van der Waals surface area contributed by atoms with Gasteiger partial charge < -0.3 is 15.0 Å². The molecule has 2 N–H and O–H groups in total. The van der Waals surface area contributed by atoms with Crippen LogP contribution in [0.2, 0.25) is 0 Å². The number of hydrogen-bond donors (Lipinski definition) is 2. The van der Waals surface area contributed by atoms with Crippen LogP contribution in [-0.4, -0.2) is 34.4 Å². The molecular formula is CH5B3N3. The van der Waals surface area contributed by atoms with Gasteiger partial charge in [-0.2, -0.15) is 0 Å². The largest absolute Gasteiger partial charge is 0.379 e. The Morgan fingerprint density at radius 2 is 1.86 bits per heavy atom. The Bertz CT molecular complexity index is 52.1. The van der Waals surface area contributed by atoms with Crippen molar-refractivity contribution in [3.8, 4) is 0 Å². The highest BCUT2D eigenvalue weighted by Gasteiger charge is 2.07. The highest BCUT2D eigenvalue weighted by Crippen LogP contribution is 1.69. The summed E-state index contributed by atoms with van der Waals surface area (Å²) in [5.41, 5.74) is 0. The van der Waals surface area contributed by atoms with Crippen molar-refractivity contribution < 1.29 is 0 Å². The maximum Gasteiger partial charge on any atom is 0.286 e. The van der Waals surface area contributed by atoms with E-state index in [1.165, 1.54) is 0 Å². The van der Waals surface area contributed by atoms with Crippen LogP contribution in [0.4, 0.5) is 0 Å². The zero-order valence-electron chi connectivity index (χ0n) is 4.18. The highest BCUT2D eigenvalue weighted by atomic mass is 15.1. The molecule has 0 unspecified atom stereocenters. The third-order valence-electron chi connectivity index (χ3n) is 0.723. The average molecular weight is 91.5 g/mol. The zero-order valence-corrected chi connectivity index (χ0v) is 4.18. The Kier molecular flexibility index (Phi) is 1.79. The van der Waals surface area contributed by atoms with Crippen molar-refractivity contribution in [3.63, 3.8) is 0 Å². The van der Waals surface area contributed by atoms with E-state index in [9.17, 15) is 0 Å². The molecule has 0 aromatic rings. The molecule has 0 spiro atoms. The molecule has 1 saturated heterocycles. The van der Waals surface area contributed by atoms with Crippen molar-refractivity contribution in [1.82, 2.24) is 15.0 Å². The first-order chi connectivity index (χ1) is 3.39. The van der Waals surface area contributed by atoms with Gasteiger partial charge in [0.1, 0.15) is 0 Å². The molecule has 3 nitrogen and oxygen atoms in total. The first-order valence-corrected chi connectivity index (χ1v) is 2.12. The van der Waals surface area contributed by atoms with Crippen molar-refractivity contribution in [2.24, 2.45) is 0 Å². The summed E-state index contributed by atoms with van der Waals surface area (Å²) in [5, 5.41) is 5.74.